The summed E-state index contributed by atoms with van der Waals surface area (Å²) in [5, 5.41) is 2.98. The molecule has 4 rings (SSSR count). The molecule has 3 N–H and O–H groups in total. The third-order valence-electron chi connectivity index (χ3n) is 5.28. The molecule has 36 heavy (non-hydrogen) atoms. The van der Waals surface area contributed by atoms with E-state index in [0.717, 1.165) is 4.57 Å². The molecule has 4 aromatic rings. The standard InChI is InChI=1S/C23H22F3N7O3/c24-17-5-1-15(2-6-17)14-33-22(34)30-21(29-10-12-31-11-9-28-20(31)27)32(23(33)35)13-16-3-7-18(8-4-16)36-19(25)26/h1-9,11,19H,10,12-14H2,(H2,27,28)(H,29,30,34). The normalized spacial score (nSPS) is 11.1. The van der Waals surface area contributed by atoms with Gasteiger partial charge in [0.15, 0.2) is 5.95 Å². The van der Waals surface area contributed by atoms with Gasteiger partial charge in [-0.15, -0.1) is 0 Å². The summed E-state index contributed by atoms with van der Waals surface area (Å²) in [5.74, 6) is -0.148. The number of rotatable bonds is 10. The fourth-order valence-electron chi connectivity index (χ4n) is 3.49. The van der Waals surface area contributed by atoms with Gasteiger partial charge in [-0.2, -0.15) is 13.8 Å². The van der Waals surface area contributed by atoms with E-state index in [1.165, 1.54) is 53.1 Å². The van der Waals surface area contributed by atoms with Gasteiger partial charge in [-0.25, -0.2) is 23.5 Å². The predicted molar refractivity (Wildman–Crippen MR) is 126 cm³/mol. The van der Waals surface area contributed by atoms with Gasteiger partial charge < -0.3 is 20.4 Å². The van der Waals surface area contributed by atoms with Crippen LogP contribution in [0.3, 0.4) is 0 Å². The van der Waals surface area contributed by atoms with Gasteiger partial charge in [-0.05, 0) is 35.4 Å². The first-order chi connectivity index (χ1) is 17.3. The molecular weight excluding hydrogens is 479 g/mol. The minimum absolute atomic E-state index is 0.0139. The molecule has 0 unspecified atom stereocenters. The minimum Gasteiger partial charge on any atom is -0.435 e. The van der Waals surface area contributed by atoms with E-state index in [0.29, 0.717) is 23.6 Å². The Bertz CT molecular complexity index is 1430. The Balaban J connectivity index is 1.64. The molecule has 0 aliphatic carbocycles. The molecule has 2 aromatic heterocycles. The Kier molecular flexibility index (Phi) is 7.37. The predicted octanol–water partition coefficient (Wildman–Crippen LogP) is 2.13. The molecule has 0 radical (unpaired) electrons. The van der Waals surface area contributed by atoms with Crippen molar-refractivity contribution in [2.45, 2.75) is 26.2 Å². The number of halogens is 3. The molecule has 0 aliphatic heterocycles. The average molecular weight is 501 g/mol. The highest BCUT2D eigenvalue weighted by Crippen LogP contribution is 2.16. The quantitative estimate of drug-likeness (QED) is 0.341. The van der Waals surface area contributed by atoms with Crippen LogP contribution in [0.2, 0.25) is 0 Å². The van der Waals surface area contributed by atoms with Crippen LogP contribution in [0, 0.1) is 5.82 Å². The maximum Gasteiger partial charge on any atom is 0.387 e. The fourth-order valence-corrected chi connectivity index (χ4v) is 3.49. The second-order valence-corrected chi connectivity index (χ2v) is 7.73. The molecule has 13 heteroatoms. The van der Waals surface area contributed by atoms with Crippen LogP contribution in [0.4, 0.5) is 25.1 Å². The van der Waals surface area contributed by atoms with E-state index < -0.39 is 23.8 Å². The molecule has 10 nitrogen and oxygen atoms in total. The van der Waals surface area contributed by atoms with Gasteiger partial charge in [0.05, 0.1) is 13.1 Å². The van der Waals surface area contributed by atoms with Crippen molar-refractivity contribution in [1.29, 1.82) is 0 Å². The van der Waals surface area contributed by atoms with Crippen molar-refractivity contribution in [2.24, 2.45) is 0 Å². The molecule has 188 valence electrons. The lowest BCUT2D eigenvalue weighted by Gasteiger charge is -2.16. The van der Waals surface area contributed by atoms with Crippen molar-refractivity contribution in [3.05, 3.63) is 98.8 Å². The van der Waals surface area contributed by atoms with E-state index in [4.69, 9.17) is 5.73 Å². The molecule has 0 bridgehead atoms. The molecule has 0 saturated carbocycles. The van der Waals surface area contributed by atoms with Crippen LogP contribution < -0.4 is 27.2 Å². The third kappa shape index (κ3) is 5.92. The molecule has 0 fully saturated rings. The summed E-state index contributed by atoms with van der Waals surface area (Å²) in [4.78, 5) is 34.1. The lowest BCUT2D eigenvalue weighted by molar-refractivity contribution is -0.0498. The number of imidazole rings is 1. The zero-order valence-corrected chi connectivity index (χ0v) is 18.9. The molecule has 0 aliphatic rings. The van der Waals surface area contributed by atoms with Crippen LogP contribution in [-0.2, 0) is 19.6 Å². The Morgan fingerprint density at radius 3 is 2.22 bits per heavy atom. The SMILES string of the molecule is Nc1nccn1CCNc1nc(=O)n(Cc2ccc(F)cc2)c(=O)n1Cc1ccc(OC(F)F)cc1. The minimum atomic E-state index is -2.96. The summed E-state index contributed by atoms with van der Waals surface area (Å²) in [6.45, 7) is -2.42. The van der Waals surface area contributed by atoms with Gasteiger partial charge in [0.2, 0.25) is 5.95 Å². The molecule has 0 spiro atoms. The van der Waals surface area contributed by atoms with Gasteiger partial charge in [0.1, 0.15) is 11.6 Å². The number of ether oxygens (including phenoxy) is 1. The van der Waals surface area contributed by atoms with Crippen LogP contribution in [0.1, 0.15) is 11.1 Å². The van der Waals surface area contributed by atoms with Crippen molar-refractivity contribution in [1.82, 2.24) is 23.7 Å². The first-order valence-corrected chi connectivity index (χ1v) is 10.8. The highest BCUT2D eigenvalue weighted by molar-refractivity contribution is 5.30. The van der Waals surface area contributed by atoms with E-state index in [1.54, 1.807) is 17.0 Å². The summed E-state index contributed by atoms with van der Waals surface area (Å²) >= 11 is 0. The lowest BCUT2D eigenvalue weighted by atomic mass is 10.2. The summed E-state index contributed by atoms with van der Waals surface area (Å²) in [6, 6.07) is 11.1. The van der Waals surface area contributed by atoms with Gasteiger partial charge in [0, 0.05) is 25.5 Å². The number of aromatic nitrogens is 5. The molecule has 0 saturated heterocycles. The molecule has 0 amide bonds. The summed E-state index contributed by atoms with van der Waals surface area (Å²) in [5.41, 5.74) is 5.44. The second-order valence-electron chi connectivity index (χ2n) is 7.73. The molecular formula is C23H22F3N7O3. The second kappa shape index (κ2) is 10.8. The summed E-state index contributed by atoms with van der Waals surface area (Å²) < 4.78 is 46.4. The smallest absolute Gasteiger partial charge is 0.387 e. The van der Waals surface area contributed by atoms with Crippen molar-refractivity contribution >= 4 is 11.9 Å². The van der Waals surface area contributed by atoms with E-state index in [1.807, 2.05) is 0 Å². The maximum atomic E-state index is 13.4. The van der Waals surface area contributed by atoms with E-state index in [2.05, 4.69) is 20.0 Å². The Morgan fingerprint density at radius 2 is 1.61 bits per heavy atom. The van der Waals surface area contributed by atoms with Gasteiger partial charge in [-0.1, -0.05) is 24.3 Å². The number of nitrogens with zero attached hydrogens (tertiary/aromatic N) is 5. The summed E-state index contributed by atoms with van der Waals surface area (Å²) in [6.07, 6.45) is 3.22. The largest absolute Gasteiger partial charge is 0.435 e. The fraction of sp³-hybridized carbons (Fsp3) is 0.217. The Hall–Kier alpha value is -4.55. The van der Waals surface area contributed by atoms with Crippen LogP contribution >= 0.6 is 0 Å². The van der Waals surface area contributed by atoms with Crippen molar-refractivity contribution in [2.75, 3.05) is 17.6 Å². The number of hydrogen-bond donors (Lipinski definition) is 2. The van der Waals surface area contributed by atoms with Crippen molar-refractivity contribution < 1.29 is 17.9 Å². The molecule has 2 aromatic carbocycles. The zero-order valence-electron chi connectivity index (χ0n) is 18.9. The van der Waals surface area contributed by atoms with Crippen LogP contribution in [0.15, 0.2) is 70.5 Å². The third-order valence-corrected chi connectivity index (χ3v) is 5.28. The Labute approximate surface area is 202 Å². The average Bonchev–Trinajstić information content (AvgIpc) is 3.25. The topological polar surface area (TPSA) is 122 Å². The van der Waals surface area contributed by atoms with E-state index >= 15 is 0 Å². The van der Waals surface area contributed by atoms with Crippen LogP contribution in [-0.4, -0.2) is 36.8 Å². The number of nitrogens with two attached hydrogens (primary N) is 1. The monoisotopic (exact) mass is 501 g/mol. The number of hydrogen-bond acceptors (Lipinski definition) is 7. The highest BCUT2D eigenvalue weighted by atomic mass is 19.3. The van der Waals surface area contributed by atoms with E-state index in [9.17, 15) is 22.8 Å². The number of nitrogen functional groups attached to an aromatic ring is 1. The van der Waals surface area contributed by atoms with Gasteiger partial charge in [-0.3, -0.25) is 4.57 Å². The molecule has 0 atom stereocenters. The van der Waals surface area contributed by atoms with Crippen molar-refractivity contribution in [3.8, 4) is 5.75 Å². The first-order valence-electron chi connectivity index (χ1n) is 10.8. The maximum absolute atomic E-state index is 13.4. The van der Waals surface area contributed by atoms with E-state index in [-0.39, 0.29) is 31.3 Å². The number of anilines is 2. The van der Waals surface area contributed by atoms with Crippen LogP contribution in [0.25, 0.3) is 0 Å². The summed E-state index contributed by atoms with van der Waals surface area (Å²) in [7, 11) is 0. The number of benzene rings is 2. The van der Waals surface area contributed by atoms with Gasteiger partial charge in [0.25, 0.3) is 0 Å². The number of alkyl halides is 2. The van der Waals surface area contributed by atoms with Crippen molar-refractivity contribution in [3.63, 3.8) is 0 Å². The highest BCUT2D eigenvalue weighted by Gasteiger charge is 2.15. The number of nitrogens with one attached hydrogen (secondary N) is 1. The van der Waals surface area contributed by atoms with Gasteiger partial charge >= 0.3 is 18.0 Å². The lowest BCUT2D eigenvalue weighted by Crippen LogP contribution is -2.43. The van der Waals surface area contributed by atoms with Crippen LogP contribution in [0.5, 0.6) is 5.75 Å². The zero-order chi connectivity index (χ0) is 25.7. The first kappa shape index (κ1) is 24.6. The molecule has 2 heterocycles. The Morgan fingerprint density at radius 1 is 0.972 bits per heavy atom.